The van der Waals surface area contributed by atoms with Crippen molar-refractivity contribution in [2.24, 2.45) is 41.4 Å². The van der Waals surface area contributed by atoms with Gasteiger partial charge in [0.1, 0.15) is 23.0 Å². The third kappa shape index (κ3) is 27.7. The number of aryl methyl sites for hydroxylation is 6. The summed E-state index contributed by atoms with van der Waals surface area (Å²) in [5.74, 6) is 5.38. The minimum absolute atomic E-state index is 0.00444. The summed E-state index contributed by atoms with van der Waals surface area (Å²) in [4.78, 5) is 32.8. The monoisotopic (exact) mass is 1370 g/mol. The number of halogens is 2. The Labute approximate surface area is 588 Å². The summed E-state index contributed by atoms with van der Waals surface area (Å²) >= 11 is 0. The molecule has 0 aromatic heterocycles. The molecular weight excluding hydrogens is 1250 g/mol. The molecule has 97 heavy (non-hydrogen) atoms. The molecule has 0 amide bonds. The quantitative estimate of drug-likeness (QED) is 0.0843. The number of carbonyl (C=O) groups is 3. The lowest BCUT2D eigenvalue weighted by Crippen LogP contribution is -2.37. The first kappa shape index (κ1) is 80.1. The van der Waals surface area contributed by atoms with Gasteiger partial charge in [-0.2, -0.15) is 8.78 Å². The number of hydrogen-bond acceptors (Lipinski definition) is 10. The van der Waals surface area contributed by atoms with Crippen molar-refractivity contribution >= 4 is 36.9 Å². The lowest BCUT2D eigenvalue weighted by molar-refractivity contribution is -0.219. The van der Waals surface area contributed by atoms with Crippen LogP contribution in [0.4, 0.5) is 8.78 Å². The number of cyclic esters (lactones) is 2. The second-order valence-corrected chi connectivity index (χ2v) is 35.7. The second kappa shape index (κ2) is 39.2. The lowest BCUT2D eigenvalue weighted by Gasteiger charge is -2.30. The van der Waals surface area contributed by atoms with Crippen molar-refractivity contribution in [2.45, 2.75) is 275 Å². The fourth-order valence-electron chi connectivity index (χ4n) is 12.9. The summed E-state index contributed by atoms with van der Waals surface area (Å²) < 4.78 is 63.0. The van der Waals surface area contributed by atoms with Crippen molar-refractivity contribution in [3.63, 3.8) is 0 Å². The highest BCUT2D eigenvalue weighted by molar-refractivity contribution is 6.38. The molecule has 13 atom stereocenters. The van der Waals surface area contributed by atoms with Crippen LogP contribution < -0.4 is 18.9 Å². The molecule has 0 bridgehead atoms. The van der Waals surface area contributed by atoms with Crippen LogP contribution in [0.5, 0.6) is 23.0 Å². The predicted octanol–water partition coefficient (Wildman–Crippen LogP) is 19.3. The van der Waals surface area contributed by atoms with Gasteiger partial charge in [0.05, 0.1) is 61.3 Å². The molecule has 9 aliphatic rings. The Morgan fingerprint density at radius 2 is 0.856 bits per heavy atom. The second-order valence-electron chi connectivity index (χ2n) is 30.6. The third-order valence-corrected chi connectivity index (χ3v) is 25.5. The van der Waals surface area contributed by atoms with Crippen LogP contribution in [0.25, 0.3) is 0 Å². The summed E-state index contributed by atoms with van der Waals surface area (Å²) in [5, 5.41) is 0. The van der Waals surface area contributed by atoms with Crippen LogP contribution in [0.15, 0.2) is 91.0 Å². The Bertz CT molecular complexity index is 3050. The van der Waals surface area contributed by atoms with E-state index >= 15 is 0 Å². The van der Waals surface area contributed by atoms with E-state index < -0.39 is 12.0 Å². The van der Waals surface area contributed by atoms with Gasteiger partial charge in [0.2, 0.25) is 0 Å². The van der Waals surface area contributed by atoms with E-state index in [0.29, 0.717) is 49.3 Å². The maximum absolute atomic E-state index is 13.2. The third-order valence-electron chi connectivity index (χ3n) is 20.1. The number of hydrogen-bond donors (Lipinski definition) is 0. The number of esters is 3. The summed E-state index contributed by atoms with van der Waals surface area (Å²) in [5.41, 5.74) is 15.9. The van der Waals surface area contributed by atoms with Crippen LogP contribution in [-0.2, 0) is 67.3 Å². The molecule has 0 aliphatic carbocycles. The minimum Gasteiger partial charge on any atom is -0.493 e. The summed E-state index contributed by atoms with van der Waals surface area (Å²) in [7, 11) is 0.771. The van der Waals surface area contributed by atoms with Gasteiger partial charge in [0.15, 0.2) is 0 Å². The normalized spacial score (nSPS) is 28.0. The molecule has 0 radical (unpaired) electrons. The Kier molecular flexibility index (Phi) is 32.4. The van der Waals surface area contributed by atoms with E-state index in [4.69, 9.17) is 28.4 Å². The van der Waals surface area contributed by atoms with E-state index in [1.54, 1.807) is 18.2 Å². The molecule has 9 aliphatic heterocycles. The van der Waals surface area contributed by atoms with Crippen molar-refractivity contribution in [2.75, 3.05) is 6.61 Å². The molecule has 9 heterocycles. The average molecular weight is 1370 g/mol. The molecule has 536 valence electrons. The summed E-state index contributed by atoms with van der Waals surface area (Å²) in [6.45, 7) is 39.1. The van der Waals surface area contributed by atoms with Crippen molar-refractivity contribution in [1.82, 2.24) is 0 Å². The van der Waals surface area contributed by atoms with Gasteiger partial charge < -0.3 is 33.2 Å². The van der Waals surface area contributed by atoms with E-state index in [2.05, 4.69) is 129 Å². The van der Waals surface area contributed by atoms with E-state index in [-0.39, 0.29) is 47.9 Å². The zero-order chi connectivity index (χ0) is 71.1. The predicted molar refractivity (Wildman–Crippen MR) is 398 cm³/mol. The van der Waals surface area contributed by atoms with Crippen LogP contribution in [-0.4, -0.2) is 74.1 Å². The smallest absolute Gasteiger partial charge is 0.400 e. The topological polar surface area (TPSA) is 116 Å². The van der Waals surface area contributed by atoms with Gasteiger partial charge in [-0.25, -0.2) is 0 Å². The zero-order valence-corrected chi connectivity index (χ0v) is 65.5. The van der Waals surface area contributed by atoms with Gasteiger partial charge in [-0.15, -0.1) is 0 Å². The van der Waals surface area contributed by atoms with E-state index in [1.165, 1.54) is 71.6 Å². The van der Waals surface area contributed by atoms with Gasteiger partial charge >= 0.3 is 24.0 Å². The van der Waals surface area contributed by atoms with Gasteiger partial charge in [0.25, 0.3) is 0 Å². The maximum atomic E-state index is 13.2. The lowest BCUT2D eigenvalue weighted by atomic mass is 9.96. The molecule has 4 fully saturated rings. The number of carbonyl (C=O) groups excluding carboxylic acids is 3. The Morgan fingerprint density at radius 1 is 0.392 bits per heavy atom. The van der Waals surface area contributed by atoms with Crippen LogP contribution in [0.1, 0.15) is 209 Å². The Hall–Kier alpha value is -5.84. The summed E-state index contributed by atoms with van der Waals surface area (Å²) in [6, 6.07) is 34.2. The molecule has 10 nitrogen and oxygen atoms in total. The molecule has 4 saturated heterocycles. The first-order chi connectivity index (χ1) is 45.9. The standard InChI is InChI=1S/C11H12F2O.C11H12O2.3C11H14O.2C7H12O2.2C7H16Si/c1-7-3-4-9-6-8(2)11(12,13)14-10(9)5-7;1-7-3-4-9-6-8(2)11(12)13-10(9)5-7;1-8-3-6-11-10(7-8)5-4-9(2)12-11;1-8-3-4-10-5-9(2)7-12-11(10)6-8;1-8-3-4-10-6-9(2)12-7-11(10)5-8;2*1-5-3-4-6(2)9-7(5)8;2*1-6-3-4-7(2)8-5-6/h3-5,8H,6H2,1-2H3;3-5,8H,6H2,1-2H3;3,6-7,9H,4-5H2,1-2H3;3-4,6,9H,5,7H2,1-2H3;3-5,9H,6-7H2,1-2H3;2*5-6H,3-4H2,1-2H3;2*6-7H,3-5,8H2,1-2H3. The van der Waals surface area contributed by atoms with E-state index in [0.717, 1.165) is 133 Å². The molecule has 14 heteroatoms. The molecule has 5 aromatic carbocycles. The van der Waals surface area contributed by atoms with Crippen LogP contribution in [0.3, 0.4) is 0 Å². The highest BCUT2D eigenvalue weighted by Crippen LogP contribution is 2.40. The van der Waals surface area contributed by atoms with Gasteiger partial charge in [-0.05, 0) is 219 Å². The molecule has 13 unspecified atom stereocenters. The SMILES string of the molecule is CC1CCC(C)C(=O)O1.CC1CCC(C)C(=O)O1.CC1CCC(C)[SiH2]C1.CC1CCC(C)[SiH2]C1.Cc1ccc2c(c1)CCC(C)O2.Cc1ccc2c(c1)COC(C)C2.Cc1ccc2c(c1)OC(=O)C(C)C2.Cc1ccc2c(c1)OC(F)(F)C(C)C2.Cc1ccc2c(c1)OCC(C)C2. The fourth-order valence-corrected chi connectivity index (χ4v) is 16.8. The number of alkyl halides is 2. The molecule has 5 aromatic rings. The first-order valence-corrected chi connectivity index (χ1v) is 40.6. The van der Waals surface area contributed by atoms with Crippen LogP contribution in [0.2, 0.25) is 23.2 Å². The first-order valence-electron chi connectivity index (χ1n) is 37.0. The molecular formula is C83H122F2O10Si2. The largest absolute Gasteiger partial charge is 0.493 e. The van der Waals surface area contributed by atoms with Crippen LogP contribution in [0, 0.1) is 76.0 Å². The van der Waals surface area contributed by atoms with Crippen molar-refractivity contribution in [1.29, 1.82) is 0 Å². The fraction of sp³-hybridized carbons (Fsp3) is 0.602. The number of benzene rings is 5. The molecule has 14 rings (SSSR count). The zero-order valence-electron chi connectivity index (χ0n) is 62.6. The number of ether oxygens (including phenoxy) is 7. The van der Waals surface area contributed by atoms with Gasteiger partial charge in [-0.3, -0.25) is 14.4 Å². The van der Waals surface area contributed by atoms with E-state index in [9.17, 15) is 23.2 Å². The summed E-state index contributed by atoms with van der Waals surface area (Å²) in [6.07, 6.45) is 13.9. The van der Waals surface area contributed by atoms with Crippen molar-refractivity contribution in [3.05, 3.63) is 152 Å². The minimum atomic E-state index is -3.03. The molecule has 0 spiro atoms. The Balaban J connectivity index is 0.000000173. The molecule has 0 saturated carbocycles. The van der Waals surface area contributed by atoms with E-state index in [1.807, 2.05) is 78.8 Å². The number of fused-ring (bicyclic) bond motifs is 5. The maximum Gasteiger partial charge on any atom is 0.400 e. The average Bonchev–Trinajstić information content (AvgIpc) is 0.812. The highest BCUT2D eigenvalue weighted by atomic mass is 28.2. The van der Waals surface area contributed by atoms with Crippen molar-refractivity contribution < 1.29 is 56.3 Å². The van der Waals surface area contributed by atoms with Crippen molar-refractivity contribution in [3.8, 4) is 23.0 Å². The number of rotatable bonds is 0. The van der Waals surface area contributed by atoms with Gasteiger partial charge in [0, 0.05) is 19.0 Å². The van der Waals surface area contributed by atoms with Gasteiger partial charge in [-0.1, -0.05) is 189 Å². The molecule has 0 N–H and O–H groups in total. The Morgan fingerprint density at radius 3 is 1.36 bits per heavy atom. The van der Waals surface area contributed by atoms with Crippen LogP contribution >= 0.6 is 0 Å². The highest BCUT2D eigenvalue weighted by Gasteiger charge is 2.43.